The van der Waals surface area contributed by atoms with Crippen LogP contribution in [0, 0.1) is 6.92 Å². The van der Waals surface area contributed by atoms with Gasteiger partial charge in [-0.15, -0.1) is 0 Å². The highest BCUT2D eigenvalue weighted by atomic mass is 16.5. The number of furan rings is 1. The Balaban J connectivity index is 1.83. The molecular formula is C18H31NO2. The Labute approximate surface area is 129 Å². The normalized spacial score (nSPS) is 17.9. The van der Waals surface area contributed by atoms with Crippen LogP contribution in [0.4, 0.5) is 0 Å². The maximum absolute atomic E-state index is 6.05. The quantitative estimate of drug-likeness (QED) is 0.798. The summed E-state index contributed by atoms with van der Waals surface area (Å²) in [5.41, 5.74) is 1.32. The molecule has 0 unspecified atom stereocenters. The topological polar surface area (TPSA) is 34.4 Å². The van der Waals surface area contributed by atoms with E-state index in [1.54, 1.807) is 0 Å². The van der Waals surface area contributed by atoms with Gasteiger partial charge in [0.15, 0.2) is 0 Å². The number of nitrogens with one attached hydrogen (secondary N) is 1. The molecule has 0 atom stereocenters. The van der Waals surface area contributed by atoms with Crippen molar-refractivity contribution < 1.29 is 9.15 Å². The maximum atomic E-state index is 6.05. The van der Waals surface area contributed by atoms with E-state index in [1.165, 1.54) is 44.1 Å². The smallest absolute Gasteiger partial charge is 0.130 e. The molecule has 0 aromatic carbocycles. The van der Waals surface area contributed by atoms with Crippen LogP contribution < -0.4 is 5.32 Å². The summed E-state index contributed by atoms with van der Waals surface area (Å²) in [4.78, 5) is 0. The highest BCUT2D eigenvalue weighted by molar-refractivity contribution is 5.19. The van der Waals surface area contributed by atoms with Crippen molar-refractivity contribution in [3.63, 3.8) is 0 Å². The zero-order valence-corrected chi connectivity index (χ0v) is 14.1. The molecule has 3 nitrogen and oxygen atoms in total. The second-order valence-corrected chi connectivity index (χ2v) is 7.35. The number of aryl methyl sites for hydroxylation is 1. The van der Waals surface area contributed by atoms with E-state index in [0.717, 1.165) is 18.1 Å². The Morgan fingerprint density at radius 2 is 1.86 bits per heavy atom. The van der Waals surface area contributed by atoms with Crippen LogP contribution in [0.3, 0.4) is 0 Å². The van der Waals surface area contributed by atoms with Gasteiger partial charge < -0.3 is 14.5 Å². The standard InChI is InChI=1S/C18H31NO2/c1-14-11-16(21-17(14)12-19-18(2,3)4)13-20-15-9-7-5-6-8-10-15/h11,15,19H,5-10,12-13H2,1-4H3. The first-order chi connectivity index (χ1) is 9.94. The van der Waals surface area contributed by atoms with Crippen molar-refractivity contribution in [1.82, 2.24) is 5.32 Å². The van der Waals surface area contributed by atoms with Crippen molar-refractivity contribution in [1.29, 1.82) is 0 Å². The lowest BCUT2D eigenvalue weighted by Crippen LogP contribution is -2.35. The third-order valence-electron chi connectivity index (χ3n) is 4.11. The second-order valence-electron chi connectivity index (χ2n) is 7.35. The summed E-state index contributed by atoms with van der Waals surface area (Å²) in [6, 6.07) is 2.12. The van der Waals surface area contributed by atoms with E-state index < -0.39 is 0 Å². The van der Waals surface area contributed by atoms with Crippen molar-refractivity contribution >= 4 is 0 Å². The summed E-state index contributed by atoms with van der Waals surface area (Å²) >= 11 is 0. The third-order valence-corrected chi connectivity index (χ3v) is 4.11. The van der Waals surface area contributed by atoms with E-state index in [0.29, 0.717) is 12.7 Å². The molecule has 1 saturated carbocycles. The van der Waals surface area contributed by atoms with E-state index in [4.69, 9.17) is 9.15 Å². The summed E-state index contributed by atoms with van der Waals surface area (Å²) in [6.45, 7) is 10.0. The van der Waals surface area contributed by atoms with Gasteiger partial charge in [0.05, 0.1) is 12.6 Å². The van der Waals surface area contributed by atoms with Gasteiger partial charge in [-0.1, -0.05) is 25.7 Å². The molecule has 1 aromatic rings. The van der Waals surface area contributed by atoms with Crippen LogP contribution in [0.2, 0.25) is 0 Å². The molecule has 1 aliphatic rings. The van der Waals surface area contributed by atoms with Gasteiger partial charge in [-0.25, -0.2) is 0 Å². The molecule has 1 N–H and O–H groups in total. The molecule has 0 spiro atoms. The van der Waals surface area contributed by atoms with Gasteiger partial charge in [0.1, 0.15) is 18.1 Å². The molecule has 1 aromatic heterocycles. The van der Waals surface area contributed by atoms with E-state index in [1.807, 2.05) is 0 Å². The molecule has 21 heavy (non-hydrogen) atoms. The molecule has 1 heterocycles. The minimum atomic E-state index is 0.107. The Bertz CT molecular complexity index is 423. The van der Waals surface area contributed by atoms with E-state index in [2.05, 4.69) is 39.1 Å². The minimum absolute atomic E-state index is 0.107. The SMILES string of the molecule is Cc1cc(COC2CCCCCC2)oc1CNC(C)(C)C. The van der Waals surface area contributed by atoms with Gasteiger partial charge in [0.2, 0.25) is 0 Å². The van der Waals surface area contributed by atoms with E-state index in [9.17, 15) is 0 Å². The highest BCUT2D eigenvalue weighted by Gasteiger charge is 2.16. The Kier molecular flexibility index (Phi) is 5.88. The monoisotopic (exact) mass is 293 g/mol. The van der Waals surface area contributed by atoms with E-state index >= 15 is 0 Å². The van der Waals surface area contributed by atoms with Gasteiger partial charge in [0, 0.05) is 5.54 Å². The fourth-order valence-electron chi connectivity index (χ4n) is 2.79. The molecule has 0 radical (unpaired) electrons. The first-order valence-electron chi connectivity index (χ1n) is 8.39. The maximum Gasteiger partial charge on any atom is 0.130 e. The average molecular weight is 293 g/mol. The van der Waals surface area contributed by atoms with Gasteiger partial charge in [-0.2, -0.15) is 0 Å². The van der Waals surface area contributed by atoms with Gasteiger partial charge in [0.25, 0.3) is 0 Å². The lowest BCUT2D eigenvalue weighted by molar-refractivity contribution is 0.0214. The summed E-state index contributed by atoms with van der Waals surface area (Å²) in [7, 11) is 0. The van der Waals surface area contributed by atoms with Crippen molar-refractivity contribution in [2.24, 2.45) is 0 Å². The molecule has 2 rings (SSSR count). The molecule has 1 aliphatic carbocycles. The Morgan fingerprint density at radius 3 is 2.48 bits per heavy atom. The van der Waals surface area contributed by atoms with Crippen LogP contribution in [0.1, 0.15) is 76.4 Å². The van der Waals surface area contributed by atoms with Crippen LogP contribution in [-0.4, -0.2) is 11.6 Å². The third kappa shape index (κ3) is 5.84. The van der Waals surface area contributed by atoms with Crippen molar-refractivity contribution in [2.45, 2.75) is 91.0 Å². The number of hydrogen-bond donors (Lipinski definition) is 1. The molecule has 0 saturated heterocycles. The summed E-state index contributed by atoms with van der Waals surface area (Å²) < 4.78 is 12.0. The average Bonchev–Trinajstić information content (AvgIpc) is 2.62. The van der Waals surface area contributed by atoms with Crippen LogP contribution in [-0.2, 0) is 17.9 Å². The zero-order valence-electron chi connectivity index (χ0n) is 14.1. The van der Waals surface area contributed by atoms with Gasteiger partial charge in [-0.3, -0.25) is 0 Å². The fraction of sp³-hybridized carbons (Fsp3) is 0.778. The largest absolute Gasteiger partial charge is 0.462 e. The molecule has 0 aliphatic heterocycles. The van der Waals surface area contributed by atoms with Crippen LogP contribution in [0.5, 0.6) is 0 Å². The van der Waals surface area contributed by atoms with Gasteiger partial charge >= 0.3 is 0 Å². The number of hydrogen-bond acceptors (Lipinski definition) is 3. The van der Waals surface area contributed by atoms with Crippen molar-refractivity contribution in [3.8, 4) is 0 Å². The van der Waals surface area contributed by atoms with Crippen LogP contribution in [0.25, 0.3) is 0 Å². The number of rotatable bonds is 5. The minimum Gasteiger partial charge on any atom is -0.462 e. The van der Waals surface area contributed by atoms with E-state index in [-0.39, 0.29) is 5.54 Å². The Hall–Kier alpha value is -0.800. The lowest BCUT2D eigenvalue weighted by Gasteiger charge is -2.19. The van der Waals surface area contributed by atoms with Crippen LogP contribution in [0.15, 0.2) is 10.5 Å². The first-order valence-corrected chi connectivity index (χ1v) is 8.39. The first kappa shape index (κ1) is 16.6. The fourth-order valence-corrected chi connectivity index (χ4v) is 2.79. The lowest BCUT2D eigenvalue weighted by atomic mass is 10.1. The predicted molar refractivity (Wildman–Crippen MR) is 86.3 cm³/mol. The summed E-state index contributed by atoms with van der Waals surface area (Å²) in [5.74, 6) is 1.99. The second kappa shape index (κ2) is 7.46. The highest BCUT2D eigenvalue weighted by Crippen LogP contribution is 2.22. The summed E-state index contributed by atoms with van der Waals surface area (Å²) in [6.07, 6.45) is 8.18. The molecule has 120 valence electrons. The Morgan fingerprint density at radius 1 is 1.19 bits per heavy atom. The molecule has 1 fully saturated rings. The zero-order chi connectivity index (χ0) is 15.3. The van der Waals surface area contributed by atoms with Crippen molar-refractivity contribution in [3.05, 3.63) is 23.2 Å². The summed E-state index contributed by atoms with van der Waals surface area (Å²) in [5, 5.41) is 3.47. The molecular weight excluding hydrogens is 262 g/mol. The van der Waals surface area contributed by atoms with Crippen LogP contribution >= 0.6 is 0 Å². The predicted octanol–water partition coefficient (Wildman–Crippen LogP) is 4.72. The molecule has 0 amide bonds. The van der Waals surface area contributed by atoms with Gasteiger partial charge in [-0.05, 0) is 52.2 Å². The molecule has 0 bridgehead atoms. The molecule has 3 heteroatoms. The van der Waals surface area contributed by atoms with Crippen molar-refractivity contribution in [2.75, 3.05) is 0 Å². The number of ether oxygens (including phenoxy) is 1.